The van der Waals surface area contributed by atoms with E-state index in [1.54, 1.807) is 14.1 Å². The molecule has 1 fully saturated rings. The van der Waals surface area contributed by atoms with E-state index in [1.807, 2.05) is 9.80 Å². The van der Waals surface area contributed by atoms with Crippen molar-refractivity contribution in [2.75, 3.05) is 110 Å². The minimum absolute atomic E-state index is 0.0901. The second-order valence-electron chi connectivity index (χ2n) is 14.9. The van der Waals surface area contributed by atoms with E-state index in [0.29, 0.717) is 74.5 Å². The molecule has 1 saturated heterocycles. The summed E-state index contributed by atoms with van der Waals surface area (Å²) in [6, 6.07) is 0. The first-order valence-electron chi connectivity index (χ1n) is 21.5. The maximum absolute atomic E-state index is 11.6. The van der Waals surface area contributed by atoms with Crippen molar-refractivity contribution in [3.05, 3.63) is 12.0 Å². The molecule has 0 radical (unpaired) electrons. The van der Waals surface area contributed by atoms with E-state index in [4.69, 9.17) is 49.4 Å². The first kappa shape index (κ1) is 75.2. The largest absolute Gasteiger partial charge is 0.389 e. The number of rotatable bonds is 28. The first-order valence-corrected chi connectivity index (χ1v) is 29.3. The SMILES string of the molecule is CN(C)N=Nc1nc[nH]c1C(N)=O.O=C(CCBr)N1CCN(C(=O)CCBr)CC1.OC(CBr)C(O)C(O)C(O)CBr.O[C@@H]([C@H](O)[C@H](O)CBr)[C@H](O)CBr.O[C@@H]([C@H](O)[C@H](O)CNCCCl)[C@H](O)CNCCCl. The van der Waals surface area contributed by atoms with Gasteiger partial charge in [-0.25, -0.2) is 4.98 Å². The number of nitrogens with one attached hydrogen (secondary N) is 3. The van der Waals surface area contributed by atoms with Gasteiger partial charge in [0.25, 0.3) is 5.91 Å². The number of nitrogens with zero attached hydrogens (tertiary/aromatic N) is 6. The lowest BCUT2D eigenvalue weighted by atomic mass is 10.0. The van der Waals surface area contributed by atoms with E-state index < -0.39 is 79.2 Å². The summed E-state index contributed by atoms with van der Waals surface area (Å²) in [6.07, 6.45) is -12.4. The van der Waals surface area contributed by atoms with Crippen molar-refractivity contribution in [3.63, 3.8) is 0 Å². The molecule has 17 N–H and O–H groups in total. The van der Waals surface area contributed by atoms with Crippen LogP contribution < -0.4 is 16.4 Å². The second kappa shape index (κ2) is 46.1. The molecule has 0 spiro atoms. The van der Waals surface area contributed by atoms with Gasteiger partial charge in [0, 0.05) is 123 Å². The summed E-state index contributed by atoms with van der Waals surface area (Å²) in [7, 11) is 3.42. The minimum atomic E-state index is -1.43. The number of primary amides is 1. The van der Waals surface area contributed by atoms with E-state index in [-0.39, 0.29) is 57.7 Å². The fraction of sp³-hybridized carbons (Fsp3) is 0.842. The van der Waals surface area contributed by atoms with Crippen LogP contribution in [0.3, 0.4) is 0 Å². The van der Waals surface area contributed by atoms with Crippen molar-refractivity contribution >= 4 is 142 Å². The standard InChI is InChI=1S/C10H16Br2N2O2.C10H22Cl2N2O4.2C6H12Br2O4.C6H10N6O/c11-3-1-9(15)13-5-7-14(8-6-13)10(16)2-4-12;11-1-3-13-5-7(15)9(17)10(18)8(16)6-14-4-2-12;2*7-1-3(9)5(11)6(12)4(10)2-8;1-12(2)11-10-6-4(5(7)13)8-3-9-6/h1-8H2;7-10,13-18H,1-6H2;2*3-6,9-12H,1-2H2;3H,1-2H3,(H2,7,13)(H,8,9)/t;7-,8-,9-,10-;3-,4-,5-,6-;;/m.11../s1. The number of hydrogen-bond acceptors (Lipinski definition) is 20. The Hall–Kier alpha value is -0.0800. The Morgan fingerprint density at radius 2 is 0.944 bits per heavy atom. The normalized spacial score (nSPS) is 17.5. The third-order valence-corrected chi connectivity index (χ3v) is 12.9. The Labute approximate surface area is 474 Å². The van der Waals surface area contributed by atoms with Gasteiger partial charge in [-0.2, -0.15) is 0 Å². The Kier molecular flexibility index (Phi) is 48.8. The zero-order valence-electron chi connectivity index (χ0n) is 39.1. The second-order valence-corrected chi connectivity index (χ2v) is 19.8. The average molecular weight is 1460 g/mol. The van der Waals surface area contributed by atoms with Crippen LogP contribution in [0.2, 0.25) is 0 Å². The molecule has 4 unspecified atom stereocenters. The lowest BCUT2D eigenvalue weighted by Gasteiger charge is -2.34. The summed E-state index contributed by atoms with van der Waals surface area (Å²) in [4.78, 5) is 43.9. The molecule has 2 heterocycles. The van der Waals surface area contributed by atoms with E-state index in [1.165, 1.54) is 11.3 Å². The number of aliphatic hydroxyl groups excluding tert-OH is 12. The molecule has 1 aliphatic rings. The molecule has 0 aromatic carbocycles. The summed E-state index contributed by atoms with van der Waals surface area (Å²) >= 11 is 29.1. The third kappa shape index (κ3) is 34.3. The topological polar surface area (TPSA) is 407 Å². The maximum Gasteiger partial charge on any atom is 0.269 e. The van der Waals surface area contributed by atoms with Crippen molar-refractivity contribution in [2.45, 2.75) is 86.1 Å². The molecule has 71 heavy (non-hydrogen) atoms. The van der Waals surface area contributed by atoms with Gasteiger partial charge in [-0.15, -0.1) is 28.3 Å². The molecule has 420 valence electrons. The number of imidazole rings is 1. The van der Waals surface area contributed by atoms with Crippen LogP contribution in [-0.2, 0) is 9.59 Å². The van der Waals surface area contributed by atoms with Crippen molar-refractivity contribution in [1.29, 1.82) is 0 Å². The number of H-pyrrole nitrogens is 1. The molecular weight excluding hydrogens is 1390 g/mol. The molecule has 12 atom stereocenters. The summed E-state index contributed by atoms with van der Waals surface area (Å²) in [5.74, 6) is 0.701. The molecule has 1 aliphatic heterocycles. The van der Waals surface area contributed by atoms with Crippen molar-refractivity contribution in [1.82, 2.24) is 35.4 Å². The summed E-state index contributed by atoms with van der Waals surface area (Å²) in [5.41, 5.74) is 5.20. The van der Waals surface area contributed by atoms with Crippen LogP contribution in [0.15, 0.2) is 16.7 Å². The Balaban J connectivity index is -0.000000822. The van der Waals surface area contributed by atoms with Crippen LogP contribution >= 0.6 is 119 Å². The molecular formula is C38H72Br6Cl2N10O15. The number of aromatic amines is 1. The first-order chi connectivity index (χ1) is 33.4. The third-order valence-electron chi connectivity index (χ3n) is 9.08. The van der Waals surface area contributed by atoms with E-state index >= 15 is 0 Å². The Bertz CT molecular complexity index is 1430. The molecule has 33 heteroatoms. The van der Waals surface area contributed by atoms with Gasteiger partial charge in [-0.3, -0.25) is 19.4 Å². The smallest absolute Gasteiger partial charge is 0.269 e. The van der Waals surface area contributed by atoms with E-state index in [0.717, 1.165) is 0 Å². The van der Waals surface area contributed by atoms with Gasteiger partial charge in [0.1, 0.15) is 36.6 Å². The number of amides is 3. The zero-order chi connectivity index (χ0) is 55.2. The van der Waals surface area contributed by atoms with Gasteiger partial charge in [0.15, 0.2) is 5.69 Å². The highest BCUT2D eigenvalue weighted by Gasteiger charge is 2.31. The lowest BCUT2D eigenvalue weighted by molar-refractivity contribution is -0.139. The number of carbonyl (C=O) groups is 3. The number of hydrogen-bond donors (Lipinski definition) is 16. The number of aliphatic hydroxyl groups is 12. The highest BCUT2D eigenvalue weighted by molar-refractivity contribution is 9.10. The lowest BCUT2D eigenvalue weighted by Crippen LogP contribution is -2.50. The van der Waals surface area contributed by atoms with Crippen LogP contribution in [0.4, 0.5) is 5.82 Å². The van der Waals surface area contributed by atoms with Gasteiger partial charge in [0.2, 0.25) is 17.6 Å². The predicted octanol–water partition coefficient (Wildman–Crippen LogP) is -2.18. The molecule has 2 rings (SSSR count). The zero-order valence-corrected chi connectivity index (χ0v) is 50.1. The van der Waals surface area contributed by atoms with Crippen molar-refractivity contribution < 1.29 is 75.7 Å². The predicted molar refractivity (Wildman–Crippen MR) is 290 cm³/mol. The highest BCUT2D eigenvalue weighted by Crippen LogP contribution is 2.14. The highest BCUT2D eigenvalue weighted by atomic mass is 79.9. The molecule has 1 aromatic rings. The number of alkyl halides is 8. The van der Waals surface area contributed by atoms with Gasteiger partial charge in [-0.05, 0) is 0 Å². The minimum Gasteiger partial charge on any atom is -0.389 e. The molecule has 1 aromatic heterocycles. The van der Waals surface area contributed by atoms with Crippen LogP contribution in [0.1, 0.15) is 23.3 Å². The number of piperazine rings is 1. The molecule has 25 nitrogen and oxygen atoms in total. The maximum atomic E-state index is 11.6. The summed E-state index contributed by atoms with van der Waals surface area (Å²) < 4.78 is 0. The molecule has 0 saturated carbocycles. The molecule has 0 bridgehead atoms. The van der Waals surface area contributed by atoms with Gasteiger partial charge in [0.05, 0.1) is 43.0 Å². The van der Waals surface area contributed by atoms with Gasteiger partial charge in [-0.1, -0.05) is 101 Å². The average Bonchev–Trinajstić information content (AvgIpc) is 3.86. The van der Waals surface area contributed by atoms with Crippen molar-refractivity contribution in [2.24, 2.45) is 16.1 Å². The molecule has 0 aliphatic carbocycles. The molecule has 3 amide bonds. The van der Waals surface area contributed by atoms with Crippen molar-refractivity contribution in [3.8, 4) is 0 Å². The fourth-order valence-electron chi connectivity index (χ4n) is 4.96. The van der Waals surface area contributed by atoms with Crippen LogP contribution in [0.25, 0.3) is 0 Å². The quantitative estimate of drug-likeness (QED) is 0.0184. The monoisotopic (exact) mass is 1450 g/mol. The Morgan fingerprint density at radius 3 is 1.20 bits per heavy atom. The number of nitrogens with two attached hydrogens (primary N) is 1. The number of carbonyl (C=O) groups excluding carboxylic acids is 3. The fourth-order valence-corrected chi connectivity index (χ4v) is 7.44. The van der Waals surface area contributed by atoms with Crippen LogP contribution in [0.5, 0.6) is 0 Å². The van der Waals surface area contributed by atoms with Gasteiger partial charge >= 0.3 is 0 Å². The summed E-state index contributed by atoms with van der Waals surface area (Å²) in [6.45, 7) is 3.82. The summed E-state index contributed by atoms with van der Waals surface area (Å²) in [5, 5.41) is 128. The van der Waals surface area contributed by atoms with E-state index in [9.17, 15) is 55.2 Å². The number of aromatic nitrogens is 2. The van der Waals surface area contributed by atoms with E-state index in [2.05, 4.69) is 127 Å². The van der Waals surface area contributed by atoms with Crippen LogP contribution in [0, 0.1) is 0 Å². The van der Waals surface area contributed by atoms with Crippen LogP contribution in [-0.4, -0.2) is 287 Å². The Morgan fingerprint density at radius 1 is 0.634 bits per heavy atom. The number of halogens is 8. The van der Waals surface area contributed by atoms with Gasteiger partial charge < -0.3 is 92.4 Å².